The van der Waals surface area contributed by atoms with Gasteiger partial charge in [-0.1, -0.05) is 6.92 Å². The molecule has 0 amide bonds. The molecule has 0 aliphatic rings. The second-order valence-corrected chi connectivity index (χ2v) is 5.08. The van der Waals surface area contributed by atoms with Crippen molar-refractivity contribution in [2.75, 3.05) is 12.4 Å². The van der Waals surface area contributed by atoms with Gasteiger partial charge in [0.05, 0.1) is 13.7 Å². The summed E-state index contributed by atoms with van der Waals surface area (Å²) in [5.41, 5.74) is 0. The molecule has 0 radical (unpaired) electrons. The Kier molecular flexibility index (Phi) is 4.33. The number of hydrogen-bond donors (Lipinski definition) is 1. The minimum atomic E-state index is 0.116. The van der Waals surface area contributed by atoms with Crippen molar-refractivity contribution >= 4 is 28.9 Å². The standard InChI is InChI=1S/C11H13ClN4OS/c1-3-7-4-5-8(18-7)6-13-10-14-9(12)15-11(16-10)17-2/h4-5H,3,6H2,1-2H3,(H,13,14,15,16). The van der Waals surface area contributed by atoms with Gasteiger partial charge < -0.3 is 10.1 Å². The number of aromatic nitrogens is 3. The maximum atomic E-state index is 5.76. The second kappa shape index (κ2) is 5.97. The van der Waals surface area contributed by atoms with Crippen LogP contribution in [-0.4, -0.2) is 22.1 Å². The number of nitrogens with zero attached hydrogens (tertiary/aromatic N) is 3. The number of halogens is 1. The molecule has 18 heavy (non-hydrogen) atoms. The normalized spacial score (nSPS) is 10.4. The first-order chi connectivity index (χ1) is 8.71. The zero-order valence-electron chi connectivity index (χ0n) is 10.1. The average molecular weight is 285 g/mol. The van der Waals surface area contributed by atoms with Gasteiger partial charge in [-0.05, 0) is 30.2 Å². The summed E-state index contributed by atoms with van der Waals surface area (Å²) in [5.74, 6) is 0.415. The monoisotopic (exact) mass is 284 g/mol. The maximum absolute atomic E-state index is 5.76. The fourth-order valence-electron chi connectivity index (χ4n) is 1.38. The lowest BCUT2D eigenvalue weighted by molar-refractivity contribution is 0.379. The number of rotatable bonds is 5. The van der Waals surface area contributed by atoms with E-state index in [2.05, 4.69) is 39.3 Å². The topological polar surface area (TPSA) is 59.9 Å². The zero-order valence-corrected chi connectivity index (χ0v) is 11.7. The summed E-state index contributed by atoms with van der Waals surface area (Å²) in [4.78, 5) is 14.4. The van der Waals surface area contributed by atoms with Gasteiger partial charge in [-0.15, -0.1) is 11.3 Å². The Morgan fingerprint density at radius 3 is 2.72 bits per heavy atom. The molecule has 0 fully saturated rings. The van der Waals surface area contributed by atoms with E-state index in [1.54, 1.807) is 11.3 Å². The molecule has 5 nitrogen and oxygen atoms in total. The third kappa shape index (κ3) is 3.30. The SMILES string of the molecule is CCc1ccc(CNc2nc(Cl)nc(OC)n2)s1. The molecule has 0 aromatic carbocycles. The van der Waals surface area contributed by atoms with E-state index in [0.717, 1.165) is 6.42 Å². The predicted molar refractivity (Wildman–Crippen MR) is 72.4 cm³/mol. The van der Waals surface area contributed by atoms with Crippen LogP contribution in [0, 0.1) is 0 Å². The predicted octanol–water partition coefficient (Wildman–Crippen LogP) is 2.77. The molecule has 2 aromatic heterocycles. The summed E-state index contributed by atoms with van der Waals surface area (Å²) in [5, 5.41) is 3.21. The number of methoxy groups -OCH3 is 1. The Bertz CT molecular complexity index is 532. The van der Waals surface area contributed by atoms with E-state index in [0.29, 0.717) is 12.5 Å². The quantitative estimate of drug-likeness (QED) is 0.915. The van der Waals surface area contributed by atoms with Crippen molar-refractivity contribution in [2.24, 2.45) is 0 Å². The maximum Gasteiger partial charge on any atom is 0.322 e. The van der Waals surface area contributed by atoms with Crippen LogP contribution in [0.1, 0.15) is 16.7 Å². The molecular formula is C11H13ClN4OS. The van der Waals surface area contributed by atoms with Crippen LogP contribution in [0.4, 0.5) is 5.95 Å². The van der Waals surface area contributed by atoms with Crippen molar-refractivity contribution in [3.63, 3.8) is 0 Å². The molecule has 0 saturated heterocycles. The van der Waals surface area contributed by atoms with Crippen LogP contribution in [-0.2, 0) is 13.0 Å². The lowest BCUT2D eigenvalue weighted by Crippen LogP contribution is -2.05. The van der Waals surface area contributed by atoms with E-state index >= 15 is 0 Å². The van der Waals surface area contributed by atoms with E-state index in [1.165, 1.54) is 16.9 Å². The third-order valence-corrected chi connectivity index (χ3v) is 3.66. The number of aryl methyl sites for hydroxylation is 1. The zero-order chi connectivity index (χ0) is 13.0. The highest BCUT2D eigenvalue weighted by Crippen LogP contribution is 2.18. The summed E-state index contributed by atoms with van der Waals surface area (Å²) in [7, 11) is 1.49. The first kappa shape index (κ1) is 13.0. The molecule has 96 valence electrons. The molecule has 0 aliphatic carbocycles. The summed E-state index contributed by atoms with van der Waals surface area (Å²) in [6.45, 7) is 2.80. The highest BCUT2D eigenvalue weighted by molar-refractivity contribution is 7.12. The smallest absolute Gasteiger partial charge is 0.322 e. The molecule has 2 heterocycles. The molecule has 0 saturated carbocycles. The van der Waals surface area contributed by atoms with Crippen LogP contribution < -0.4 is 10.1 Å². The van der Waals surface area contributed by atoms with Gasteiger partial charge in [0.1, 0.15) is 0 Å². The Morgan fingerprint density at radius 2 is 2.06 bits per heavy atom. The van der Waals surface area contributed by atoms with Crippen LogP contribution in [0.25, 0.3) is 0 Å². The van der Waals surface area contributed by atoms with Crippen LogP contribution in [0.5, 0.6) is 6.01 Å². The Labute approximate surface area is 114 Å². The number of ether oxygens (including phenoxy) is 1. The lowest BCUT2D eigenvalue weighted by Gasteiger charge is -2.04. The van der Waals surface area contributed by atoms with Crippen LogP contribution >= 0.6 is 22.9 Å². The Morgan fingerprint density at radius 1 is 1.28 bits per heavy atom. The van der Waals surface area contributed by atoms with Crippen molar-refractivity contribution in [3.05, 3.63) is 27.2 Å². The van der Waals surface area contributed by atoms with Crippen molar-refractivity contribution < 1.29 is 4.74 Å². The highest BCUT2D eigenvalue weighted by atomic mass is 35.5. The second-order valence-electron chi connectivity index (χ2n) is 3.49. The Hall–Kier alpha value is -1.40. The Balaban J connectivity index is 2.03. The van der Waals surface area contributed by atoms with E-state index in [9.17, 15) is 0 Å². The summed E-state index contributed by atoms with van der Waals surface area (Å²) in [6.07, 6.45) is 1.05. The molecule has 1 N–H and O–H groups in total. The molecule has 0 unspecified atom stereocenters. The van der Waals surface area contributed by atoms with Gasteiger partial charge in [0, 0.05) is 9.75 Å². The van der Waals surface area contributed by atoms with Crippen molar-refractivity contribution in [2.45, 2.75) is 19.9 Å². The molecular weight excluding hydrogens is 272 g/mol. The van der Waals surface area contributed by atoms with E-state index in [-0.39, 0.29) is 11.3 Å². The fourth-order valence-corrected chi connectivity index (χ4v) is 2.43. The molecule has 0 atom stereocenters. The number of anilines is 1. The van der Waals surface area contributed by atoms with Crippen molar-refractivity contribution in [1.82, 2.24) is 15.0 Å². The molecule has 0 bridgehead atoms. The number of nitrogens with one attached hydrogen (secondary N) is 1. The van der Waals surface area contributed by atoms with Gasteiger partial charge >= 0.3 is 6.01 Å². The van der Waals surface area contributed by atoms with Crippen LogP contribution in [0.3, 0.4) is 0 Å². The van der Waals surface area contributed by atoms with E-state index < -0.39 is 0 Å². The summed E-state index contributed by atoms with van der Waals surface area (Å²) < 4.78 is 4.93. The third-order valence-electron chi connectivity index (χ3n) is 2.26. The lowest BCUT2D eigenvalue weighted by atomic mass is 10.4. The van der Waals surface area contributed by atoms with Crippen molar-refractivity contribution in [1.29, 1.82) is 0 Å². The number of thiophene rings is 1. The largest absolute Gasteiger partial charge is 0.467 e. The van der Waals surface area contributed by atoms with Crippen molar-refractivity contribution in [3.8, 4) is 6.01 Å². The molecule has 0 spiro atoms. The number of hydrogen-bond acceptors (Lipinski definition) is 6. The van der Waals surface area contributed by atoms with Crippen LogP contribution in [0.15, 0.2) is 12.1 Å². The summed E-state index contributed by atoms with van der Waals surface area (Å²) >= 11 is 7.53. The molecule has 2 rings (SSSR count). The minimum Gasteiger partial charge on any atom is -0.467 e. The summed E-state index contributed by atoms with van der Waals surface area (Å²) in [6, 6.07) is 4.43. The van der Waals surface area contributed by atoms with Gasteiger partial charge in [-0.2, -0.15) is 15.0 Å². The first-order valence-electron chi connectivity index (χ1n) is 5.48. The van der Waals surface area contributed by atoms with E-state index in [1.807, 2.05) is 0 Å². The molecule has 0 aliphatic heterocycles. The van der Waals surface area contributed by atoms with Gasteiger partial charge in [0.25, 0.3) is 0 Å². The highest BCUT2D eigenvalue weighted by Gasteiger charge is 2.05. The van der Waals surface area contributed by atoms with E-state index in [4.69, 9.17) is 16.3 Å². The molecule has 7 heteroatoms. The van der Waals surface area contributed by atoms with Crippen LogP contribution in [0.2, 0.25) is 5.28 Å². The first-order valence-corrected chi connectivity index (χ1v) is 6.67. The minimum absolute atomic E-state index is 0.116. The van der Waals surface area contributed by atoms with Gasteiger partial charge in [0.15, 0.2) is 0 Å². The molecule has 2 aromatic rings. The van der Waals surface area contributed by atoms with Gasteiger partial charge in [0.2, 0.25) is 11.2 Å². The average Bonchev–Trinajstić information content (AvgIpc) is 2.83. The fraction of sp³-hybridized carbons (Fsp3) is 0.364. The van der Waals surface area contributed by atoms with Gasteiger partial charge in [-0.25, -0.2) is 0 Å². The van der Waals surface area contributed by atoms with Gasteiger partial charge in [-0.3, -0.25) is 0 Å².